The third-order valence-corrected chi connectivity index (χ3v) is 6.01. The predicted molar refractivity (Wildman–Crippen MR) is 131 cm³/mol. The molecule has 0 radical (unpaired) electrons. The van der Waals surface area contributed by atoms with Crippen molar-refractivity contribution in [2.75, 3.05) is 13.2 Å². The summed E-state index contributed by atoms with van der Waals surface area (Å²) in [7, 11) is 0. The molecular formula is C26H25N5O4. The van der Waals surface area contributed by atoms with E-state index in [1.165, 1.54) is 4.90 Å². The second-order valence-corrected chi connectivity index (χ2v) is 8.27. The van der Waals surface area contributed by atoms with E-state index in [0.29, 0.717) is 58.0 Å². The minimum atomic E-state index is -0.339. The van der Waals surface area contributed by atoms with E-state index in [0.717, 1.165) is 6.42 Å². The van der Waals surface area contributed by atoms with Gasteiger partial charge in [0.15, 0.2) is 5.52 Å². The number of para-hydroxylation sites is 1. The number of benzene rings is 2. The summed E-state index contributed by atoms with van der Waals surface area (Å²) in [5.74, 6) is 0.367. The van der Waals surface area contributed by atoms with Crippen LogP contribution in [-0.4, -0.2) is 49.6 Å². The van der Waals surface area contributed by atoms with E-state index >= 15 is 0 Å². The molecule has 2 aromatic carbocycles. The van der Waals surface area contributed by atoms with Crippen molar-refractivity contribution in [3.05, 3.63) is 75.7 Å². The van der Waals surface area contributed by atoms with Gasteiger partial charge in [-0.25, -0.2) is 4.98 Å². The molecule has 4 aromatic rings. The normalized spacial score (nSPS) is 13.0. The Morgan fingerprint density at radius 2 is 1.54 bits per heavy atom. The standard InChI is InChI=1S/C26H25N5O4/c1-3-9-19-21-22(24(32)28-23(27-21)18-12-7-8-13-20(18)35-4-2)31(29-19)15-14-30-25(33)16-10-5-6-11-17(16)26(30)34/h5-8,10-13H,3-4,9,14-15H2,1-2H3,(H,27,28,32). The van der Waals surface area contributed by atoms with E-state index in [1.807, 2.05) is 38.1 Å². The number of nitrogens with one attached hydrogen (secondary N) is 1. The topological polar surface area (TPSA) is 110 Å². The van der Waals surface area contributed by atoms with Crippen molar-refractivity contribution in [3.8, 4) is 17.1 Å². The summed E-state index contributed by atoms with van der Waals surface area (Å²) in [5.41, 5.74) is 2.68. The quantitative estimate of drug-likeness (QED) is 0.394. The minimum absolute atomic E-state index is 0.100. The van der Waals surface area contributed by atoms with Gasteiger partial charge in [-0.1, -0.05) is 37.6 Å². The van der Waals surface area contributed by atoms with E-state index in [4.69, 9.17) is 9.72 Å². The fourth-order valence-electron chi connectivity index (χ4n) is 4.43. The summed E-state index contributed by atoms with van der Waals surface area (Å²) in [5, 5.41) is 4.65. The Morgan fingerprint density at radius 3 is 2.20 bits per heavy atom. The summed E-state index contributed by atoms with van der Waals surface area (Å²) in [6, 6.07) is 14.2. The van der Waals surface area contributed by atoms with Crippen molar-refractivity contribution in [1.29, 1.82) is 0 Å². The van der Waals surface area contributed by atoms with Crippen molar-refractivity contribution >= 4 is 22.8 Å². The largest absolute Gasteiger partial charge is 0.493 e. The van der Waals surface area contributed by atoms with Gasteiger partial charge in [0.1, 0.15) is 17.1 Å². The Balaban J connectivity index is 1.52. The highest BCUT2D eigenvalue weighted by Gasteiger charge is 2.35. The zero-order chi connectivity index (χ0) is 24.5. The average molecular weight is 472 g/mol. The molecule has 1 aliphatic heterocycles. The molecule has 2 aromatic heterocycles. The second kappa shape index (κ2) is 9.17. The SMILES string of the molecule is CCCc1nn(CCN2C(=O)c3ccccc3C2=O)c2c(=O)[nH]c(-c3ccccc3OCC)nc12. The number of H-pyrrole nitrogens is 1. The molecule has 3 heterocycles. The maximum atomic E-state index is 13.2. The average Bonchev–Trinajstić information content (AvgIpc) is 3.33. The number of aromatic amines is 1. The molecular weight excluding hydrogens is 446 g/mol. The Bertz CT molecular complexity index is 1470. The molecule has 1 aliphatic rings. The van der Waals surface area contributed by atoms with Crippen molar-refractivity contribution in [1.82, 2.24) is 24.6 Å². The van der Waals surface area contributed by atoms with Gasteiger partial charge in [0.05, 0.1) is 35.5 Å². The number of ether oxygens (including phenoxy) is 1. The summed E-state index contributed by atoms with van der Waals surface area (Å²) in [6.07, 6.45) is 1.46. The van der Waals surface area contributed by atoms with Crippen molar-refractivity contribution in [2.24, 2.45) is 0 Å². The van der Waals surface area contributed by atoms with Crippen molar-refractivity contribution in [3.63, 3.8) is 0 Å². The summed E-state index contributed by atoms with van der Waals surface area (Å²) in [6.45, 7) is 4.70. The molecule has 0 atom stereocenters. The first-order chi connectivity index (χ1) is 17.0. The molecule has 0 saturated heterocycles. The molecule has 178 valence electrons. The highest BCUT2D eigenvalue weighted by molar-refractivity contribution is 6.21. The monoisotopic (exact) mass is 471 g/mol. The van der Waals surface area contributed by atoms with Gasteiger partial charge in [-0.2, -0.15) is 5.10 Å². The van der Waals surface area contributed by atoms with E-state index in [-0.39, 0.29) is 30.5 Å². The van der Waals surface area contributed by atoms with Gasteiger partial charge in [-0.3, -0.25) is 24.0 Å². The molecule has 0 aliphatic carbocycles. The first-order valence-corrected chi connectivity index (χ1v) is 11.7. The van der Waals surface area contributed by atoms with Crippen LogP contribution in [0.3, 0.4) is 0 Å². The van der Waals surface area contributed by atoms with E-state index in [2.05, 4.69) is 10.1 Å². The lowest BCUT2D eigenvalue weighted by molar-refractivity contribution is 0.0648. The number of amides is 2. The molecule has 2 amide bonds. The molecule has 1 N–H and O–H groups in total. The van der Waals surface area contributed by atoms with Crippen LogP contribution in [0.25, 0.3) is 22.4 Å². The second-order valence-electron chi connectivity index (χ2n) is 8.27. The van der Waals surface area contributed by atoms with Crippen LogP contribution in [-0.2, 0) is 13.0 Å². The molecule has 0 spiro atoms. The van der Waals surface area contributed by atoms with Crippen LogP contribution in [0.5, 0.6) is 5.75 Å². The van der Waals surface area contributed by atoms with Crippen LogP contribution in [0.4, 0.5) is 0 Å². The number of aromatic nitrogens is 4. The number of hydrogen-bond donors (Lipinski definition) is 1. The zero-order valence-corrected chi connectivity index (χ0v) is 19.6. The number of imide groups is 1. The van der Waals surface area contributed by atoms with Crippen LogP contribution >= 0.6 is 0 Å². The number of fused-ring (bicyclic) bond motifs is 2. The van der Waals surface area contributed by atoms with Crippen LogP contribution in [0, 0.1) is 0 Å². The van der Waals surface area contributed by atoms with Crippen LogP contribution in [0.15, 0.2) is 53.3 Å². The summed E-state index contributed by atoms with van der Waals surface area (Å²) >= 11 is 0. The van der Waals surface area contributed by atoms with Crippen LogP contribution in [0.2, 0.25) is 0 Å². The highest BCUT2D eigenvalue weighted by atomic mass is 16.5. The molecule has 0 bridgehead atoms. The van der Waals surface area contributed by atoms with E-state index in [1.54, 1.807) is 28.9 Å². The number of rotatable bonds is 8. The molecule has 9 nitrogen and oxygen atoms in total. The fraction of sp³-hybridized carbons (Fsp3) is 0.269. The molecule has 0 saturated carbocycles. The zero-order valence-electron chi connectivity index (χ0n) is 19.6. The van der Waals surface area contributed by atoms with E-state index < -0.39 is 0 Å². The van der Waals surface area contributed by atoms with Crippen molar-refractivity contribution < 1.29 is 14.3 Å². The van der Waals surface area contributed by atoms with Crippen LogP contribution in [0.1, 0.15) is 46.7 Å². The number of nitrogens with zero attached hydrogens (tertiary/aromatic N) is 4. The number of carbonyl (C=O) groups excluding carboxylic acids is 2. The fourth-order valence-corrected chi connectivity index (χ4v) is 4.43. The Kier molecular flexibility index (Phi) is 5.90. The van der Waals surface area contributed by atoms with Gasteiger partial charge < -0.3 is 9.72 Å². The lowest BCUT2D eigenvalue weighted by atomic mass is 10.1. The van der Waals surface area contributed by atoms with Crippen molar-refractivity contribution in [2.45, 2.75) is 33.2 Å². The summed E-state index contributed by atoms with van der Waals surface area (Å²) < 4.78 is 7.27. The smallest absolute Gasteiger partial charge is 0.277 e. The van der Waals surface area contributed by atoms with Crippen LogP contribution < -0.4 is 10.3 Å². The molecule has 35 heavy (non-hydrogen) atoms. The minimum Gasteiger partial charge on any atom is -0.493 e. The maximum absolute atomic E-state index is 13.2. The predicted octanol–water partition coefficient (Wildman–Crippen LogP) is 3.43. The first-order valence-electron chi connectivity index (χ1n) is 11.7. The first kappa shape index (κ1) is 22.5. The Labute approximate surface area is 201 Å². The molecule has 5 rings (SSSR count). The van der Waals surface area contributed by atoms with Gasteiger partial charge >= 0.3 is 0 Å². The van der Waals surface area contributed by atoms with Gasteiger partial charge in [0.25, 0.3) is 17.4 Å². The van der Waals surface area contributed by atoms with Gasteiger partial charge in [-0.15, -0.1) is 0 Å². The van der Waals surface area contributed by atoms with Gasteiger partial charge in [-0.05, 0) is 37.6 Å². The Hall–Kier alpha value is -4.27. The lowest BCUT2D eigenvalue weighted by Gasteiger charge is -2.14. The third-order valence-electron chi connectivity index (χ3n) is 6.01. The highest BCUT2D eigenvalue weighted by Crippen LogP contribution is 2.28. The number of carbonyl (C=O) groups is 2. The maximum Gasteiger partial charge on any atom is 0.277 e. The molecule has 9 heteroatoms. The lowest BCUT2D eigenvalue weighted by Crippen LogP contribution is -2.33. The third kappa shape index (κ3) is 3.88. The number of hydrogen-bond acceptors (Lipinski definition) is 6. The molecule has 0 fully saturated rings. The Morgan fingerprint density at radius 1 is 0.886 bits per heavy atom. The van der Waals surface area contributed by atoms with E-state index in [9.17, 15) is 14.4 Å². The van der Waals surface area contributed by atoms with Gasteiger partial charge in [0.2, 0.25) is 0 Å². The molecule has 0 unspecified atom stereocenters. The summed E-state index contributed by atoms with van der Waals surface area (Å²) in [4.78, 5) is 47.5. The van der Waals surface area contributed by atoms with Gasteiger partial charge in [0, 0.05) is 6.54 Å². The number of aryl methyl sites for hydroxylation is 1.